The third kappa shape index (κ3) is 0.989. The average Bonchev–Trinajstić information content (AvgIpc) is 2.66. The molecule has 1 saturated heterocycles. The maximum atomic E-state index is 10.1. The highest BCUT2D eigenvalue weighted by Crippen LogP contribution is 2.60. The molecule has 2 saturated carbocycles. The summed E-state index contributed by atoms with van der Waals surface area (Å²) in [6.07, 6.45) is 6.43. The van der Waals surface area contributed by atoms with E-state index >= 15 is 0 Å². The molecule has 80 valence electrons. The Balaban J connectivity index is 1.93. The Morgan fingerprint density at radius 3 is 2.86 bits per heavy atom. The molecule has 0 amide bonds. The molecule has 0 bridgehead atoms. The van der Waals surface area contributed by atoms with Crippen molar-refractivity contribution in [2.24, 2.45) is 17.3 Å². The average molecular weight is 196 g/mol. The normalized spacial score (nSPS) is 57.0. The van der Waals surface area contributed by atoms with Gasteiger partial charge >= 0.3 is 0 Å². The van der Waals surface area contributed by atoms with Gasteiger partial charge in [0.2, 0.25) is 0 Å². The van der Waals surface area contributed by atoms with Crippen LogP contribution in [-0.4, -0.2) is 23.9 Å². The molecule has 3 fully saturated rings. The molecular weight excluding hydrogens is 176 g/mol. The predicted octanol–water partition coefficient (Wildman–Crippen LogP) is 1.96. The van der Waals surface area contributed by atoms with Crippen molar-refractivity contribution < 1.29 is 9.84 Å². The second kappa shape index (κ2) is 2.96. The maximum Gasteiger partial charge on any atom is 0.0581 e. The Hall–Kier alpha value is -0.0800. The number of aliphatic hydroxyl groups excluding tert-OH is 1. The van der Waals surface area contributed by atoms with E-state index in [9.17, 15) is 5.11 Å². The van der Waals surface area contributed by atoms with Gasteiger partial charge in [0.15, 0.2) is 0 Å². The third-order valence-electron chi connectivity index (χ3n) is 5.05. The highest BCUT2D eigenvalue weighted by molar-refractivity contribution is 5.07. The predicted molar refractivity (Wildman–Crippen MR) is 53.9 cm³/mol. The molecule has 2 heteroatoms. The van der Waals surface area contributed by atoms with Crippen LogP contribution in [0, 0.1) is 17.3 Å². The van der Waals surface area contributed by atoms with Crippen LogP contribution in [-0.2, 0) is 4.74 Å². The zero-order valence-electron chi connectivity index (χ0n) is 8.91. The molecule has 14 heavy (non-hydrogen) atoms. The molecule has 1 unspecified atom stereocenters. The summed E-state index contributed by atoms with van der Waals surface area (Å²) in [7, 11) is 0. The molecule has 2 aliphatic carbocycles. The Bertz CT molecular complexity index is 236. The molecule has 0 radical (unpaired) electrons. The van der Waals surface area contributed by atoms with E-state index in [1.807, 2.05) is 0 Å². The van der Waals surface area contributed by atoms with Gasteiger partial charge in [-0.1, -0.05) is 6.42 Å². The molecule has 3 aliphatic rings. The summed E-state index contributed by atoms with van der Waals surface area (Å²) >= 11 is 0. The van der Waals surface area contributed by atoms with Gasteiger partial charge in [-0.3, -0.25) is 0 Å². The van der Waals surface area contributed by atoms with E-state index in [1.165, 1.54) is 25.7 Å². The van der Waals surface area contributed by atoms with Gasteiger partial charge in [-0.05, 0) is 44.4 Å². The fourth-order valence-electron chi connectivity index (χ4n) is 4.39. The lowest BCUT2D eigenvalue weighted by Gasteiger charge is -2.41. The van der Waals surface area contributed by atoms with Gasteiger partial charge in [0.1, 0.15) is 0 Å². The van der Waals surface area contributed by atoms with Crippen LogP contribution in [0.25, 0.3) is 0 Å². The van der Waals surface area contributed by atoms with E-state index in [1.54, 1.807) is 0 Å². The van der Waals surface area contributed by atoms with Crippen LogP contribution in [0.1, 0.15) is 39.0 Å². The Morgan fingerprint density at radius 1 is 1.21 bits per heavy atom. The fourth-order valence-corrected chi connectivity index (χ4v) is 4.39. The molecule has 1 heterocycles. The monoisotopic (exact) mass is 196 g/mol. The van der Waals surface area contributed by atoms with Crippen LogP contribution in [0.5, 0.6) is 0 Å². The van der Waals surface area contributed by atoms with E-state index < -0.39 is 0 Å². The molecule has 5 atom stereocenters. The second-order valence-electron chi connectivity index (χ2n) is 5.50. The summed E-state index contributed by atoms with van der Waals surface area (Å²) in [5, 5.41) is 10.1. The number of hydrogen-bond donors (Lipinski definition) is 1. The molecule has 0 aromatic carbocycles. The quantitative estimate of drug-likeness (QED) is 0.642. The van der Waals surface area contributed by atoms with E-state index in [0.29, 0.717) is 17.4 Å². The van der Waals surface area contributed by atoms with E-state index in [-0.39, 0.29) is 6.10 Å². The zero-order chi connectivity index (χ0) is 9.76. The second-order valence-corrected chi connectivity index (χ2v) is 5.50. The first-order valence-corrected chi connectivity index (χ1v) is 6.04. The van der Waals surface area contributed by atoms with Crippen molar-refractivity contribution in [3.63, 3.8) is 0 Å². The van der Waals surface area contributed by atoms with Crippen LogP contribution >= 0.6 is 0 Å². The van der Waals surface area contributed by atoms with Crippen molar-refractivity contribution in [3.05, 3.63) is 0 Å². The minimum atomic E-state index is -0.0392. The van der Waals surface area contributed by atoms with E-state index in [4.69, 9.17) is 4.74 Å². The first-order valence-electron chi connectivity index (χ1n) is 6.04. The molecule has 0 aromatic rings. The van der Waals surface area contributed by atoms with Gasteiger partial charge in [0, 0.05) is 5.41 Å². The molecular formula is C12H20O2. The van der Waals surface area contributed by atoms with Crippen LogP contribution in [0.4, 0.5) is 0 Å². The molecule has 2 nitrogen and oxygen atoms in total. The summed E-state index contributed by atoms with van der Waals surface area (Å²) in [4.78, 5) is 0. The Labute approximate surface area is 85.6 Å². The maximum absolute atomic E-state index is 10.1. The van der Waals surface area contributed by atoms with Gasteiger partial charge in [-0.15, -0.1) is 0 Å². The lowest BCUT2D eigenvalue weighted by Crippen LogP contribution is -2.42. The van der Waals surface area contributed by atoms with Gasteiger partial charge in [-0.2, -0.15) is 0 Å². The Morgan fingerprint density at radius 2 is 2.00 bits per heavy atom. The van der Waals surface area contributed by atoms with Crippen LogP contribution in [0.2, 0.25) is 0 Å². The van der Waals surface area contributed by atoms with E-state index in [2.05, 4.69) is 6.92 Å². The van der Waals surface area contributed by atoms with Gasteiger partial charge in [0.25, 0.3) is 0 Å². The minimum absolute atomic E-state index is 0.0392. The van der Waals surface area contributed by atoms with E-state index in [0.717, 1.165) is 18.9 Å². The van der Waals surface area contributed by atoms with Crippen molar-refractivity contribution in [3.8, 4) is 0 Å². The largest absolute Gasteiger partial charge is 0.393 e. The topological polar surface area (TPSA) is 29.5 Å². The van der Waals surface area contributed by atoms with Crippen molar-refractivity contribution in [2.45, 2.75) is 51.2 Å². The SMILES string of the molecule is CC1OC[C@]23CCC[C@H](O)[C@@H]2CC[C@H]13. The standard InChI is InChI=1S/C12H20O2/c1-8-9-4-5-10-11(13)3-2-6-12(9,10)7-14-8/h8-11,13H,2-7H2,1H3/t8?,9-,10+,11+,12+/m1/s1. The summed E-state index contributed by atoms with van der Waals surface area (Å²) in [6.45, 7) is 3.13. The van der Waals surface area contributed by atoms with Gasteiger partial charge in [-0.25, -0.2) is 0 Å². The summed E-state index contributed by atoms with van der Waals surface area (Å²) in [5.74, 6) is 1.29. The van der Waals surface area contributed by atoms with Crippen molar-refractivity contribution in [1.82, 2.24) is 0 Å². The number of rotatable bonds is 0. The number of ether oxygens (including phenoxy) is 1. The molecule has 1 N–H and O–H groups in total. The lowest BCUT2D eigenvalue weighted by atomic mass is 9.64. The summed E-state index contributed by atoms with van der Waals surface area (Å²) in [6, 6.07) is 0. The molecule has 1 spiro atoms. The number of aliphatic hydroxyl groups is 1. The molecule has 1 aliphatic heterocycles. The smallest absolute Gasteiger partial charge is 0.0581 e. The lowest BCUT2D eigenvalue weighted by molar-refractivity contribution is -0.0247. The van der Waals surface area contributed by atoms with Gasteiger partial charge < -0.3 is 9.84 Å². The van der Waals surface area contributed by atoms with Crippen LogP contribution in [0.3, 0.4) is 0 Å². The third-order valence-corrected chi connectivity index (χ3v) is 5.05. The summed E-state index contributed by atoms with van der Waals surface area (Å²) < 4.78 is 5.82. The highest BCUT2D eigenvalue weighted by atomic mass is 16.5. The van der Waals surface area contributed by atoms with Crippen LogP contribution < -0.4 is 0 Å². The van der Waals surface area contributed by atoms with Crippen molar-refractivity contribution >= 4 is 0 Å². The van der Waals surface area contributed by atoms with Crippen molar-refractivity contribution in [1.29, 1.82) is 0 Å². The zero-order valence-corrected chi connectivity index (χ0v) is 8.91. The fraction of sp³-hybridized carbons (Fsp3) is 1.00. The molecule has 0 aromatic heterocycles. The first kappa shape index (κ1) is 9.17. The summed E-state index contributed by atoms with van der Waals surface area (Å²) in [5.41, 5.74) is 0.372. The first-order chi connectivity index (χ1) is 6.74. The van der Waals surface area contributed by atoms with Crippen molar-refractivity contribution in [2.75, 3.05) is 6.61 Å². The van der Waals surface area contributed by atoms with Crippen LogP contribution in [0.15, 0.2) is 0 Å². The highest BCUT2D eigenvalue weighted by Gasteiger charge is 2.59. The minimum Gasteiger partial charge on any atom is -0.393 e. The van der Waals surface area contributed by atoms with Gasteiger partial charge in [0.05, 0.1) is 18.8 Å². The Kier molecular flexibility index (Phi) is 1.94. The number of hydrogen-bond acceptors (Lipinski definition) is 2. The molecule has 3 rings (SSSR count).